The minimum atomic E-state index is -3.53. The van der Waals surface area contributed by atoms with Crippen molar-refractivity contribution in [2.24, 2.45) is 0 Å². The third-order valence-electron chi connectivity index (χ3n) is 2.46. The number of nitrogens with one attached hydrogen (secondary N) is 1. The normalized spacial score (nSPS) is 11.8. The van der Waals surface area contributed by atoms with Gasteiger partial charge in [0.1, 0.15) is 4.21 Å². The Morgan fingerprint density at radius 1 is 1.38 bits per heavy atom. The number of sulfonamides is 1. The number of thiophene rings is 1. The van der Waals surface area contributed by atoms with Crippen LogP contribution in [0.15, 0.2) is 38.5 Å². The number of hydrogen-bond donors (Lipinski definition) is 1. The maximum absolute atomic E-state index is 12.2. The molecule has 0 unspecified atom stereocenters. The Bertz CT molecular complexity index is 714. The van der Waals surface area contributed by atoms with Gasteiger partial charge in [0.05, 0.1) is 9.89 Å². The molecule has 2 aromatic rings. The molecule has 114 valence electrons. The molecule has 0 aromatic carbocycles. The van der Waals surface area contributed by atoms with Gasteiger partial charge in [-0.25, -0.2) is 18.1 Å². The standard InChI is InChI=1S/C13H15BrN2O3S2/c1-9(2)19-13-10(4-3-7-15-13)8-16-21(17,18)12-6-5-11(14)20-12/h3-7,9,16H,8H2,1-2H3. The van der Waals surface area contributed by atoms with Crippen LogP contribution in [0.5, 0.6) is 5.88 Å². The van der Waals surface area contributed by atoms with Crippen molar-refractivity contribution in [2.75, 3.05) is 0 Å². The van der Waals surface area contributed by atoms with Gasteiger partial charge in [-0.1, -0.05) is 6.07 Å². The summed E-state index contributed by atoms with van der Waals surface area (Å²) < 4.78 is 33.5. The summed E-state index contributed by atoms with van der Waals surface area (Å²) in [5.41, 5.74) is 0.699. The van der Waals surface area contributed by atoms with E-state index in [4.69, 9.17) is 4.74 Å². The molecule has 2 rings (SSSR count). The summed E-state index contributed by atoms with van der Waals surface area (Å²) in [5.74, 6) is 0.447. The maximum atomic E-state index is 12.2. The van der Waals surface area contributed by atoms with E-state index in [1.807, 2.05) is 13.8 Å². The number of aromatic nitrogens is 1. The molecular formula is C13H15BrN2O3S2. The van der Waals surface area contributed by atoms with Crippen LogP contribution in [0.1, 0.15) is 19.4 Å². The molecule has 0 fully saturated rings. The molecule has 0 spiro atoms. The average Bonchev–Trinajstić information content (AvgIpc) is 2.85. The summed E-state index contributed by atoms with van der Waals surface area (Å²) in [7, 11) is -3.53. The predicted molar refractivity (Wildman–Crippen MR) is 86.0 cm³/mol. The van der Waals surface area contributed by atoms with E-state index in [2.05, 4.69) is 25.6 Å². The second-order valence-corrected chi connectivity index (χ2v) is 8.97. The average molecular weight is 391 g/mol. The van der Waals surface area contributed by atoms with Gasteiger partial charge in [0.25, 0.3) is 0 Å². The van der Waals surface area contributed by atoms with Crippen LogP contribution in [0.25, 0.3) is 0 Å². The molecule has 21 heavy (non-hydrogen) atoms. The molecule has 1 N–H and O–H groups in total. The molecule has 0 atom stereocenters. The van der Waals surface area contributed by atoms with Gasteiger partial charge in [-0.2, -0.15) is 0 Å². The lowest BCUT2D eigenvalue weighted by molar-refractivity contribution is 0.230. The van der Waals surface area contributed by atoms with Gasteiger partial charge in [0.2, 0.25) is 15.9 Å². The molecule has 0 saturated carbocycles. The third kappa shape index (κ3) is 4.50. The summed E-state index contributed by atoms with van der Waals surface area (Å²) in [6.07, 6.45) is 1.59. The number of nitrogens with zero attached hydrogens (tertiary/aromatic N) is 1. The Hall–Kier alpha value is -0.960. The zero-order valence-corrected chi connectivity index (χ0v) is 14.8. The lowest BCUT2D eigenvalue weighted by Gasteiger charge is -2.13. The highest BCUT2D eigenvalue weighted by molar-refractivity contribution is 9.11. The molecule has 2 heterocycles. The first-order valence-corrected chi connectivity index (χ1v) is 9.33. The van der Waals surface area contributed by atoms with Crippen molar-refractivity contribution < 1.29 is 13.2 Å². The first kappa shape index (κ1) is 16.4. The highest BCUT2D eigenvalue weighted by Crippen LogP contribution is 2.26. The molecule has 0 aliphatic rings. The zero-order valence-electron chi connectivity index (χ0n) is 11.5. The van der Waals surface area contributed by atoms with Crippen LogP contribution in [0.3, 0.4) is 0 Å². The van der Waals surface area contributed by atoms with E-state index in [0.717, 1.165) is 15.1 Å². The summed E-state index contributed by atoms with van der Waals surface area (Å²) >= 11 is 4.42. The van der Waals surface area contributed by atoms with E-state index in [0.29, 0.717) is 11.4 Å². The Balaban J connectivity index is 2.13. The van der Waals surface area contributed by atoms with Crippen LogP contribution in [-0.2, 0) is 16.6 Å². The first-order chi connectivity index (χ1) is 9.88. The summed E-state index contributed by atoms with van der Waals surface area (Å²) in [4.78, 5) is 4.13. The largest absolute Gasteiger partial charge is 0.475 e. The smallest absolute Gasteiger partial charge is 0.250 e. The van der Waals surface area contributed by atoms with Crippen molar-refractivity contribution in [3.05, 3.63) is 39.8 Å². The van der Waals surface area contributed by atoms with Crippen LogP contribution in [-0.4, -0.2) is 19.5 Å². The quantitative estimate of drug-likeness (QED) is 0.822. The van der Waals surface area contributed by atoms with Gasteiger partial charge < -0.3 is 4.74 Å². The minimum Gasteiger partial charge on any atom is -0.475 e. The predicted octanol–water partition coefficient (Wildman–Crippen LogP) is 3.17. The fourth-order valence-corrected chi connectivity index (χ4v) is 4.64. The van der Waals surface area contributed by atoms with Crippen molar-refractivity contribution in [3.8, 4) is 5.88 Å². The van der Waals surface area contributed by atoms with E-state index in [9.17, 15) is 8.42 Å². The van der Waals surface area contributed by atoms with Crippen LogP contribution in [0.4, 0.5) is 0 Å². The van der Waals surface area contributed by atoms with Crippen LogP contribution in [0.2, 0.25) is 0 Å². The first-order valence-electron chi connectivity index (χ1n) is 6.24. The van der Waals surface area contributed by atoms with Crippen LogP contribution in [0, 0.1) is 0 Å². The number of halogens is 1. The lowest BCUT2D eigenvalue weighted by atomic mass is 10.3. The van der Waals surface area contributed by atoms with Crippen molar-refractivity contribution in [1.29, 1.82) is 0 Å². The van der Waals surface area contributed by atoms with Crippen molar-refractivity contribution in [3.63, 3.8) is 0 Å². The molecule has 5 nitrogen and oxygen atoms in total. The van der Waals surface area contributed by atoms with E-state index in [1.165, 1.54) is 0 Å². The number of pyridine rings is 1. The Labute approximate surface area is 136 Å². The Kier molecular flexibility index (Phi) is 5.37. The van der Waals surface area contributed by atoms with E-state index < -0.39 is 10.0 Å². The van der Waals surface area contributed by atoms with Gasteiger partial charge in [0, 0.05) is 18.3 Å². The Morgan fingerprint density at radius 2 is 2.14 bits per heavy atom. The fraction of sp³-hybridized carbons (Fsp3) is 0.308. The molecular weight excluding hydrogens is 376 g/mol. The van der Waals surface area contributed by atoms with E-state index in [1.54, 1.807) is 30.5 Å². The zero-order chi connectivity index (χ0) is 15.5. The SMILES string of the molecule is CC(C)Oc1ncccc1CNS(=O)(=O)c1ccc(Br)s1. The van der Waals surface area contributed by atoms with Gasteiger partial charge in [-0.15, -0.1) is 11.3 Å². The monoisotopic (exact) mass is 390 g/mol. The highest BCUT2D eigenvalue weighted by Gasteiger charge is 2.17. The van der Waals surface area contributed by atoms with Gasteiger partial charge in [0.15, 0.2) is 0 Å². The highest BCUT2D eigenvalue weighted by atomic mass is 79.9. The van der Waals surface area contributed by atoms with Crippen molar-refractivity contribution in [1.82, 2.24) is 9.71 Å². The van der Waals surface area contributed by atoms with Gasteiger partial charge >= 0.3 is 0 Å². The third-order valence-corrected chi connectivity index (χ3v) is 5.98. The topological polar surface area (TPSA) is 68.3 Å². The van der Waals surface area contributed by atoms with Gasteiger partial charge in [-0.3, -0.25) is 0 Å². The summed E-state index contributed by atoms with van der Waals surface area (Å²) in [6, 6.07) is 6.80. The van der Waals surface area contributed by atoms with Crippen molar-refractivity contribution >= 4 is 37.3 Å². The molecule has 8 heteroatoms. The van der Waals surface area contributed by atoms with E-state index >= 15 is 0 Å². The molecule has 0 amide bonds. The number of rotatable bonds is 6. The molecule has 2 aromatic heterocycles. The molecule has 0 saturated heterocycles. The van der Waals surface area contributed by atoms with E-state index in [-0.39, 0.29) is 16.9 Å². The summed E-state index contributed by atoms with van der Waals surface area (Å²) in [6.45, 7) is 3.92. The second-order valence-electron chi connectivity index (χ2n) is 4.52. The molecule has 0 radical (unpaired) electrons. The maximum Gasteiger partial charge on any atom is 0.250 e. The van der Waals surface area contributed by atoms with Crippen LogP contribution < -0.4 is 9.46 Å². The van der Waals surface area contributed by atoms with Crippen LogP contribution >= 0.6 is 27.3 Å². The summed E-state index contributed by atoms with van der Waals surface area (Å²) in [5, 5.41) is 0. The minimum absolute atomic E-state index is 0.0245. The van der Waals surface area contributed by atoms with Gasteiger partial charge in [-0.05, 0) is 48.0 Å². The van der Waals surface area contributed by atoms with Crippen molar-refractivity contribution in [2.45, 2.75) is 30.7 Å². The second kappa shape index (κ2) is 6.87. The lowest BCUT2D eigenvalue weighted by Crippen LogP contribution is -2.23. The molecule has 0 bridgehead atoms. The molecule has 0 aliphatic heterocycles. The Morgan fingerprint density at radius 3 is 2.76 bits per heavy atom. The number of hydrogen-bond acceptors (Lipinski definition) is 5. The molecule has 0 aliphatic carbocycles. The number of ether oxygens (including phenoxy) is 1. The fourth-order valence-electron chi connectivity index (χ4n) is 1.57.